The molecule has 1 amide bonds. The van der Waals surface area contributed by atoms with Crippen LogP contribution in [0.15, 0.2) is 22.7 Å². The van der Waals surface area contributed by atoms with Gasteiger partial charge in [-0.1, -0.05) is 17.7 Å². The average Bonchev–Trinajstić information content (AvgIpc) is 2.34. The minimum atomic E-state index is 0. The van der Waals surface area contributed by atoms with Gasteiger partial charge in [-0.3, -0.25) is 4.79 Å². The van der Waals surface area contributed by atoms with Crippen molar-refractivity contribution >= 4 is 45.8 Å². The molecular weight excluding hydrogens is 351 g/mol. The molecule has 1 aliphatic rings. The van der Waals surface area contributed by atoms with E-state index < -0.39 is 0 Å². The standard InChI is InChI=1S/C13H16BrClN2O.ClH/c1-9-8-17(5-4-16-9)13(18)7-10-2-3-12(15)11(14)6-10;/h2-3,6,9,16H,4-5,7-8H2,1H3;1H. The Bertz CT molecular complexity index is 456. The van der Waals surface area contributed by atoms with Gasteiger partial charge in [-0.25, -0.2) is 0 Å². The van der Waals surface area contributed by atoms with Crippen molar-refractivity contribution in [2.75, 3.05) is 19.6 Å². The molecule has 1 saturated heterocycles. The lowest BCUT2D eigenvalue weighted by Gasteiger charge is -2.32. The van der Waals surface area contributed by atoms with Crippen LogP contribution in [0.3, 0.4) is 0 Å². The molecule has 1 heterocycles. The number of carbonyl (C=O) groups excluding carboxylic acids is 1. The number of carbonyl (C=O) groups is 1. The van der Waals surface area contributed by atoms with E-state index in [1.54, 1.807) is 0 Å². The summed E-state index contributed by atoms with van der Waals surface area (Å²) in [6.07, 6.45) is 0.433. The first-order valence-corrected chi connectivity index (χ1v) is 7.18. The third-order valence-electron chi connectivity index (χ3n) is 3.06. The number of halogens is 3. The Morgan fingerprint density at radius 1 is 1.58 bits per heavy atom. The molecule has 0 radical (unpaired) electrons. The van der Waals surface area contributed by atoms with Gasteiger partial charge in [0.05, 0.1) is 11.4 Å². The van der Waals surface area contributed by atoms with Crippen molar-refractivity contribution < 1.29 is 4.79 Å². The van der Waals surface area contributed by atoms with E-state index in [0.717, 1.165) is 29.7 Å². The summed E-state index contributed by atoms with van der Waals surface area (Å²) in [5.74, 6) is 0.178. The second-order valence-electron chi connectivity index (χ2n) is 4.62. The first kappa shape index (κ1) is 16.8. The highest BCUT2D eigenvalue weighted by Gasteiger charge is 2.20. The fourth-order valence-corrected chi connectivity index (χ4v) is 2.64. The number of hydrogen-bond acceptors (Lipinski definition) is 2. The van der Waals surface area contributed by atoms with Gasteiger partial charge >= 0.3 is 0 Å². The van der Waals surface area contributed by atoms with Crippen molar-refractivity contribution in [2.24, 2.45) is 0 Å². The zero-order valence-corrected chi connectivity index (χ0v) is 13.8. The molecule has 19 heavy (non-hydrogen) atoms. The van der Waals surface area contributed by atoms with Gasteiger partial charge in [-0.15, -0.1) is 12.4 Å². The molecule has 1 aliphatic heterocycles. The van der Waals surface area contributed by atoms with Crippen LogP contribution in [-0.4, -0.2) is 36.5 Å². The molecule has 0 saturated carbocycles. The maximum atomic E-state index is 12.2. The smallest absolute Gasteiger partial charge is 0.227 e. The van der Waals surface area contributed by atoms with Crippen LogP contribution in [-0.2, 0) is 11.2 Å². The highest BCUT2D eigenvalue weighted by atomic mass is 79.9. The van der Waals surface area contributed by atoms with Crippen molar-refractivity contribution in [1.29, 1.82) is 0 Å². The minimum Gasteiger partial charge on any atom is -0.340 e. The molecule has 1 N–H and O–H groups in total. The third-order valence-corrected chi connectivity index (χ3v) is 4.27. The van der Waals surface area contributed by atoms with Crippen LogP contribution in [0, 0.1) is 0 Å². The summed E-state index contributed by atoms with van der Waals surface area (Å²) in [6.45, 7) is 4.54. The molecule has 0 aliphatic carbocycles. The van der Waals surface area contributed by atoms with Gasteiger partial charge in [0, 0.05) is 30.1 Å². The zero-order valence-electron chi connectivity index (χ0n) is 10.7. The molecule has 106 valence electrons. The molecule has 0 bridgehead atoms. The highest BCUT2D eigenvalue weighted by molar-refractivity contribution is 9.10. The predicted octanol–water partition coefficient (Wildman–Crippen LogP) is 2.89. The summed E-state index contributed by atoms with van der Waals surface area (Å²) in [7, 11) is 0. The van der Waals surface area contributed by atoms with Crippen molar-refractivity contribution in [1.82, 2.24) is 10.2 Å². The zero-order chi connectivity index (χ0) is 13.1. The van der Waals surface area contributed by atoms with Gasteiger partial charge in [0.15, 0.2) is 0 Å². The molecule has 1 aromatic carbocycles. The molecule has 0 aromatic heterocycles. The maximum Gasteiger partial charge on any atom is 0.227 e. The van der Waals surface area contributed by atoms with E-state index in [1.165, 1.54) is 0 Å². The Morgan fingerprint density at radius 3 is 2.95 bits per heavy atom. The summed E-state index contributed by atoms with van der Waals surface area (Å²) in [5.41, 5.74) is 0.988. The van der Waals surface area contributed by atoms with Crippen LogP contribution in [0.1, 0.15) is 12.5 Å². The Hall–Kier alpha value is -0.290. The lowest BCUT2D eigenvalue weighted by molar-refractivity contribution is -0.131. The monoisotopic (exact) mass is 366 g/mol. The minimum absolute atomic E-state index is 0. The van der Waals surface area contributed by atoms with Crippen LogP contribution in [0.4, 0.5) is 0 Å². The van der Waals surface area contributed by atoms with E-state index in [-0.39, 0.29) is 18.3 Å². The van der Waals surface area contributed by atoms with Crippen LogP contribution >= 0.6 is 39.9 Å². The number of amides is 1. The second kappa shape index (κ2) is 7.48. The third kappa shape index (κ3) is 4.63. The average molecular weight is 368 g/mol. The molecule has 6 heteroatoms. The first-order valence-electron chi connectivity index (χ1n) is 6.01. The Balaban J connectivity index is 0.00000180. The lowest BCUT2D eigenvalue weighted by Crippen LogP contribution is -2.51. The molecule has 1 unspecified atom stereocenters. The summed E-state index contributed by atoms with van der Waals surface area (Å²) in [6, 6.07) is 6.00. The Labute approximate surface area is 133 Å². The number of benzene rings is 1. The number of hydrogen-bond donors (Lipinski definition) is 1. The van der Waals surface area contributed by atoms with E-state index in [9.17, 15) is 4.79 Å². The van der Waals surface area contributed by atoms with Crippen molar-refractivity contribution in [2.45, 2.75) is 19.4 Å². The van der Waals surface area contributed by atoms with Gasteiger partial charge < -0.3 is 10.2 Å². The van der Waals surface area contributed by atoms with Gasteiger partial charge in [0.1, 0.15) is 0 Å². The van der Waals surface area contributed by atoms with E-state index in [0.29, 0.717) is 17.5 Å². The molecule has 0 spiro atoms. The molecule has 2 rings (SSSR count). The Morgan fingerprint density at radius 2 is 2.32 bits per heavy atom. The molecular formula is C13H17BrCl2N2O. The summed E-state index contributed by atoms with van der Waals surface area (Å²) >= 11 is 9.31. The lowest BCUT2D eigenvalue weighted by atomic mass is 10.1. The fourth-order valence-electron chi connectivity index (χ4n) is 2.09. The van der Waals surface area contributed by atoms with Crippen molar-refractivity contribution in [3.05, 3.63) is 33.3 Å². The normalized spacial score (nSPS) is 18.9. The van der Waals surface area contributed by atoms with Gasteiger partial charge in [0.25, 0.3) is 0 Å². The summed E-state index contributed by atoms with van der Waals surface area (Å²) < 4.78 is 0.836. The topological polar surface area (TPSA) is 32.3 Å². The number of piperazine rings is 1. The number of rotatable bonds is 2. The van der Waals surface area contributed by atoms with E-state index in [2.05, 4.69) is 28.2 Å². The van der Waals surface area contributed by atoms with E-state index in [4.69, 9.17) is 11.6 Å². The largest absolute Gasteiger partial charge is 0.340 e. The SMILES string of the molecule is CC1CN(C(=O)Cc2ccc(Cl)c(Br)c2)CCN1.Cl. The van der Waals surface area contributed by atoms with E-state index in [1.807, 2.05) is 23.1 Å². The molecule has 3 nitrogen and oxygen atoms in total. The van der Waals surface area contributed by atoms with E-state index >= 15 is 0 Å². The molecule has 1 atom stereocenters. The maximum absolute atomic E-state index is 12.2. The van der Waals surface area contributed by atoms with Gasteiger partial charge in [0.2, 0.25) is 5.91 Å². The first-order chi connectivity index (χ1) is 8.56. The van der Waals surface area contributed by atoms with Crippen LogP contribution in [0.2, 0.25) is 5.02 Å². The van der Waals surface area contributed by atoms with Gasteiger partial charge in [-0.2, -0.15) is 0 Å². The van der Waals surface area contributed by atoms with Crippen LogP contribution in [0.5, 0.6) is 0 Å². The van der Waals surface area contributed by atoms with Crippen molar-refractivity contribution in [3.63, 3.8) is 0 Å². The molecule has 1 aromatic rings. The molecule has 1 fully saturated rings. The summed E-state index contributed by atoms with van der Waals surface area (Å²) in [4.78, 5) is 14.1. The Kier molecular flexibility index (Phi) is 6.60. The fraction of sp³-hybridized carbons (Fsp3) is 0.462. The second-order valence-corrected chi connectivity index (χ2v) is 5.88. The highest BCUT2D eigenvalue weighted by Crippen LogP contribution is 2.23. The quantitative estimate of drug-likeness (QED) is 0.871. The number of nitrogens with zero attached hydrogens (tertiary/aromatic N) is 1. The van der Waals surface area contributed by atoms with Crippen LogP contribution < -0.4 is 5.32 Å². The predicted molar refractivity (Wildman–Crippen MR) is 84.1 cm³/mol. The van der Waals surface area contributed by atoms with Crippen molar-refractivity contribution in [3.8, 4) is 0 Å². The van der Waals surface area contributed by atoms with Crippen LogP contribution in [0.25, 0.3) is 0 Å². The summed E-state index contributed by atoms with van der Waals surface area (Å²) in [5, 5.41) is 4.00. The van der Waals surface area contributed by atoms with Gasteiger partial charge in [-0.05, 0) is 40.5 Å². The number of nitrogens with one attached hydrogen (secondary N) is 1.